The van der Waals surface area contributed by atoms with Gasteiger partial charge in [-0.25, -0.2) is 9.07 Å². The Morgan fingerprint density at radius 2 is 2.24 bits per heavy atom. The van der Waals surface area contributed by atoms with Crippen molar-refractivity contribution in [2.45, 2.75) is 13.0 Å². The predicted octanol–water partition coefficient (Wildman–Crippen LogP) is 1.92. The Kier molecular flexibility index (Phi) is 5.46. The molecule has 21 heavy (non-hydrogen) atoms. The zero-order valence-corrected chi connectivity index (χ0v) is 12.8. The van der Waals surface area contributed by atoms with Crippen molar-refractivity contribution in [2.75, 3.05) is 13.2 Å². The van der Waals surface area contributed by atoms with Crippen LogP contribution in [-0.2, 0) is 6.54 Å². The van der Waals surface area contributed by atoms with E-state index in [1.54, 1.807) is 12.1 Å². The van der Waals surface area contributed by atoms with Gasteiger partial charge < -0.3 is 10.5 Å². The molecule has 0 saturated carbocycles. The first-order chi connectivity index (χ1) is 10.1. The number of nitrogens with zero attached hydrogens (tertiary/aromatic N) is 2. The normalized spacial score (nSPS) is 10.6. The third-order valence-electron chi connectivity index (χ3n) is 2.81. The van der Waals surface area contributed by atoms with E-state index < -0.39 is 0 Å². The molecule has 2 aromatic rings. The van der Waals surface area contributed by atoms with Crippen LogP contribution in [0.4, 0.5) is 4.39 Å². The fraction of sp³-hybridized carbons (Fsp3) is 0.286. The summed E-state index contributed by atoms with van der Waals surface area (Å²) in [6, 6.07) is 6.02. The van der Waals surface area contributed by atoms with Crippen LogP contribution in [0, 0.1) is 5.82 Å². The predicted molar refractivity (Wildman–Crippen MR) is 80.9 cm³/mol. The number of hydrogen-bond donors (Lipinski definition) is 1. The van der Waals surface area contributed by atoms with E-state index in [-0.39, 0.29) is 17.9 Å². The molecule has 0 atom stereocenters. The highest BCUT2D eigenvalue weighted by atomic mass is 79.9. The van der Waals surface area contributed by atoms with Crippen LogP contribution in [0.3, 0.4) is 0 Å². The van der Waals surface area contributed by atoms with Crippen LogP contribution in [-0.4, -0.2) is 22.9 Å². The zero-order chi connectivity index (χ0) is 15.2. The quantitative estimate of drug-likeness (QED) is 0.803. The van der Waals surface area contributed by atoms with E-state index in [4.69, 9.17) is 10.5 Å². The van der Waals surface area contributed by atoms with Crippen molar-refractivity contribution in [3.63, 3.8) is 0 Å². The number of halogens is 2. The van der Waals surface area contributed by atoms with Gasteiger partial charge in [-0.15, -0.1) is 0 Å². The minimum absolute atomic E-state index is 0.181. The molecule has 0 spiro atoms. The number of nitrogens with two attached hydrogens (primary N) is 1. The highest BCUT2D eigenvalue weighted by Crippen LogP contribution is 2.20. The van der Waals surface area contributed by atoms with E-state index >= 15 is 0 Å². The van der Waals surface area contributed by atoms with Gasteiger partial charge in [0, 0.05) is 6.07 Å². The first kappa shape index (κ1) is 15.7. The molecule has 0 amide bonds. The van der Waals surface area contributed by atoms with E-state index in [1.807, 2.05) is 0 Å². The molecule has 5 nitrogen and oxygen atoms in total. The van der Waals surface area contributed by atoms with Crippen molar-refractivity contribution in [3.05, 3.63) is 56.7 Å². The molecule has 7 heteroatoms. The Labute approximate surface area is 129 Å². The Morgan fingerprint density at radius 3 is 2.95 bits per heavy atom. The molecule has 1 aromatic heterocycles. The average molecular weight is 356 g/mol. The van der Waals surface area contributed by atoms with Gasteiger partial charge in [-0.2, -0.15) is 5.10 Å². The summed E-state index contributed by atoms with van der Waals surface area (Å²) in [5, 5.41) is 4.03. The Bertz CT molecular complexity index is 676. The second-order valence-electron chi connectivity index (χ2n) is 4.39. The van der Waals surface area contributed by atoms with Crippen molar-refractivity contribution < 1.29 is 9.13 Å². The molecular formula is C14H15BrFN3O2. The molecule has 0 aliphatic heterocycles. The Morgan fingerprint density at radius 1 is 1.43 bits per heavy atom. The monoisotopic (exact) mass is 355 g/mol. The molecule has 0 bridgehead atoms. The number of hydrogen-bond acceptors (Lipinski definition) is 4. The summed E-state index contributed by atoms with van der Waals surface area (Å²) in [6.07, 6.45) is 2.17. The maximum Gasteiger partial charge on any atom is 0.270 e. The summed E-state index contributed by atoms with van der Waals surface area (Å²) in [5.74, 6) is 0.0327. The van der Waals surface area contributed by atoms with E-state index in [2.05, 4.69) is 21.0 Å². The molecule has 1 heterocycles. The van der Waals surface area contributed by atoms with Crippen LogP contribution in [0.5, 0.6) is 5.75 Å². The van der Waals surface area contributed by atoms with Gasteiger partial charge >= 0.3 is 0 Å². The number of benzene rings is 1. The van der Waals surface area contributed by atoms with Crippen LogP contribution in [0.2, 0.25) is 0 Å². The summed E-state index contributed by atoms with van der Waals surface area (Å²) in [7, 11) is 0. The minimum Gasteiger partial charge on any atom is -0.492 e. The summed E-state index contributed by atoms with van der Waals surface area (Å²) in [4.78, 5) is 12.0. The second kappa shape index (κ2) is 7.33. The van der Waals surface area contributed by atoms with Gasteiger partial charge in [0.2, 0.25) is 0 Å². The summed E-state index contributed by atoms with van der Waals surface area (Å²) < 4.78 is 20.4. The van der Waals surface area contributed by atoms with Crippen LogP contribution in [0.25, 0.3) is 0 Å². The van der Waals surface area contributed by atoms with Gasteiger partial charge in [-0.05, 0) is 40.5 Å². The van der Waals surface area contributed by atoms with E-state index in [1.165, 1.54) is 23.0 Å². The van der Waals surface area contributed by atoms with Crippen molar-refractivity contribution in [2.24, 2.45) is 5.73 Å². The summed E-state index contributed by atoms with van der Waals surface area (Å²) in [6.45, 7) is 1.15. The van der Waals surface area contributed by atoms with Gasteiger partial charge in [0.15, 0.2) is 0 Å². The van der Waals surface area contributed by atoms with Gasteiger partial charge in [0.1, 0.15) is 11.6 Å². The van der Waals surface area contributed by atoms with Gasteiger partial charge in [0.05, 0.1) is 23.8 Å². The molecule has 1 aromatic carbocycles. The number of ether oxygens (including phenoxy) is 1. The smallest absolute Gasteiger partial charge is 0.270 e. The lowest BCUT2D eigenvalue weighted by molar-refractivity contribution is 0.309. The van der Waals surface area contributed by atoms with E-state index in [0.717, 1.165) is 0 Å². The number of rotatable bonds is 6. The lowest BCUT2D eigenvalue weighted by atomic mass is 10.2. The topological polar surface area (TPSA) is 70.1 Å². The SMILES string of the molecule is NCCCOc1cnn(Cc2cccc(F)c2Br)c(=O)c1. The standard InChI is InChI=1S/C14H15BrFN3O2/c15-14-10(3-1-4-12(14)16)9-19-13(20)7-11(8-18-19)21-6-2-5-17/h1,3-4,7-8H,2,5-6,9,17H2. The van der Waals surface area contributed by atoms with E-state index in [0.29, 0.717) is 35.4 Å². The third-order valence-corrected chi connectivity index (χ3v) is 3.70. The molecule has 0 saturated heterocycles. The highest BCUT2D eigenvalue weighted by Gasteiger charge is 2.08. The highest BCUT2D eigenvalue weighted by molar-refractivity contribution is 9.10. The molecule has 0 aliphatic rings. The number of aromatic nitrogens is 2. The third kappa shape index (κ3) is 4.12. The van der Waals surface area contributed by atoms with Crippen molar-refractivity contribution >= 4 is 15.9 Å². The second-order valence-corrected chi connectivity index (χ2v) is 5.18. The van der Waals surface area contributed by atoms with Crippen LogP contribution >= 0.6 is 15.9 Å². The maximum absolute atomic E-state index is 13.4. The molecule has 0 fully saturated rings. The Hall–Kier alpha value is -1.73. The largest absolute Gasteiger partial charge is 0.492 e. The Balaban J connectivity index is 2.14. The first-order valence-electron chi connectivity index (χ1n) is 6.44. The minimum atomic E-state index is -0.373. The summed E-state index contributed by atoms with van der Waals surface area (Å²) >= 11 is 3.16. The summed E-state index contributed by atoms with van der Waals surface area (Å²) in [5.41, 5.74) is 5.69. The van der Waals surface area contributed by atoms with Crippen LogP contribution < -0.4 is 16.0 Å². The van der Waals surface area contributed by atoms with Crippen LogP contribution in [0.1, 0.15) is 12.0 Å². The molecule has 0 radical (unpaired) electrons. The zero-order valence-electron chi connectivity index (χ0n) is 11.3. The molecular weight excluding hydrogens is 341 g/mol. The van der Waals surface area contributed by atoms with Crippen LogP contribution in [0.15, 0.2) is 39.7 Å². The van der Waals surface area contributed by atoms with Crippen molar-refractivity contribution in [1.82, 2.24) is 9.78 Å². The lowest BCUT2D eigenvalue weighted by Crippen LogP contribution is -2.23. The molecule has 0 unspecified atom stereocenters. The fourth-order valence-electron chi connectivity index (χ4n) is 1.72. The molecule has 2 N–H and O–H groups in total. The maximum atomic E-state index is 13.4. The lowest BCUT2D eigenvalue weighted by Gasteiger charge is -2.09. The van der Waals surface area contributed by atoms with Gasteiger partial charge in [-0.3, -0.25) is 4.79 Å². The fourth-order valence-corrected chi connectivity index (χ4v) is 2.11. The van der Waals surface area contributed by atoms with Gasteiger partial charge in [0.25, 0.3) is 5.56 Å². The van der Waals surface area contributed by atoms with E-state index in [9.17, 15) is 9.18 Å². The molecule has 112 valence electrons. The molecule has 2 rings (SSSR count). The molecule has 0 aliphatic carbocycles. The van der Waals surface area contributed by atoms with Gasteiger partial charge in [-0.1, -0.05) is 12.1 Å². The first-order valence-corrected chi connectivity index (χ1v) is 7.24. The van der Waals surface area contributed by atoms with Crippen molar-refractivity contribution in [3.8, 4) is 5.75 Å². The average Bonchev–Trinajstić information content (AvgIpc) is 2.47. The van der Waals surface area contributed by atoms with Crippen molar-refractivity contribution in [1.29, 1.82) is 0 Å².